The third-order valence-corrected chi connectivity index (χ3v) is 6.50. The lowest BCUT2D eigenvalue weighted by atomic mass is 10.1. The number of ether oxygens (including phenoxy) is 2. The quantitative estimate of drug-likeness (QED) is 0.366. The van der Waals surface area contributed by atoms with Crippen LogP contribution in [0.3, 0.4) is 0 Å². The molecule has 1 aliphatic heterocycles. The minimum atomic E-state index is -0.404. The van der Waals surface area contributed by atoms with Gasteiger partial charge in [-0.1, -0.05) is 55.1 Å². The number of hydrogen-bond donors (Lipinski definition) is 0. The van der Waals surface area contributed by atoms with E-state index in [9.17, 15) is 0 Å². The Balaban J connectivity index is 1.21. The Hall–Kier alpha value is -2.84. The second kappa shape index (κ2) is 8.49. The molecule has 0 radical (unpaired) electrons. The van der Waals surface area contributed by atoms with Crippen molar-refractivity contribution >= 4 is 23.1 Å². The molecule has 0 saturated heterocycles. The number of hydrogen-bond acceptors (Lipinski definition) is 8. The van der Waals surface area contributed by atoms with Crippen LogP contribution in [0.5, 0.6) is 11.5 Å². The van der Waals surface area contributed by atoms with Crippen molar-refractivity contribution in [1.82, 2.24) is 15.2 Å². The van der Waals surface area contributed by atoms with Gasteiger partial charge < -0.3 is 13.9 Å². The molecule has 30 heavy (non-hydrogen) atoms. The summed E-state index contributed by atoms with van der Waals surface area (Å²) in [5.74, 6) is 2.49. The maximum Gasteiger partial charge on any atom is 0.277 e. The monoisotopic (exact) mass is 437 g/mol. The fraction of sp³-hybridized carbons (Fsp3) is 0.227. The van der Waals surface area contributed by atoms with E-state index < -0.39 is 6.10 Å². The Morgan fingerprint density at radius 3 is 2.73 bits per heavy atom. The molecule has 2 aromatic heterocycles. The highest BCUT2D eigenvalue weighted by Gasteiger charge is 2.27. The molecule has 0 fully saturated rings. The van der Waals surface area contributed by atoms with Gasteiger partial charge in [0.2, 0.25) is 6.10 Å². The summed E-state index contributed by atoms with van der Waals surface area (Å²) in [7, 11) is 0. The number of rotatable bonds is 6. The molecular formula is C22H19N3O3S2. The van der Waals surface area contributed by atoms with Gasteiger partial charge in [-0.25, -0.2) is 4.98 Å². The number of thiazole rings is 1. The average Bonchev–Trinajstić information content (AvgIpc) is 3.47. The van der Waals surface area contributed by atoms with Crippen LogP contribution in [0.15, 0.2) is 63.6 Å². The van der Waals surface area contributed by atoms with Crippen LogP contribution in [0.4, 0.5) is 0 Å². The summed E-state index contributed by atoms with van der Waals surface area (Å²) < 4.78 is 17.4. The number of thioether (sulfide) groups is 1. The summed E-state index contributed by atoms with van der Waals surface area (Å²) in [4.78, 5) is 4.74. The molecule has 3 heterocycles. The molecule has 5 rings (SSSR count). The van der Waals surface area contributed by atoms with Crippen LogP contribution in [-0.2, 0) is 12.2 Å². The summed E-state index contributed by atoms with van der Waals surface area (Å²) in [6, 6.07) is 16.1. The number of aromatic nitrogens is 3. The summed E-state index contributed by atoms with van der Waals surface area (Å²) in [6.07, 6.45) is 0.634. The van der Waals surface area contributed by atoms with Gasteiger partial charge in [0.25, 0.3) is 11.1 Å². The Labute approximate surface area is 182 Å². The molecule has 8 heteroatoms. The average molecular weight is 438 g/mol. The maximum atomic E-state index is 5.92. The molecular weight excluding hydrogens is 418 g/mol. The second-order valence-corrected chi connectivity index (χ2v) is 8.54. The molecule has 1 atom stereocenters. The van der Waals surface area contributed by atoms with E-state index in [1.54, 1.807) is 11.3 Å². The summed E-state index contributed by atoms with van der Waals surface area (Å²) in [5.41, 5.74) is 3.46. The molecule has 1 aliphatic rings. The van der Waals surface area contributed by atoms with E-state index in [4.69, 9.17) is 18.9 Å². The van der Waals surface area contributed by atoms with Crippen molar-refractivity contribution < 1.29 is 13.9 Å². The molecule has 4 aromatic rings. The Kier molecular flexibility index (Phi) is 5.42. The highest BCUT2D eigenvalue weighted by Crippen LogP contribution is 2.36. The van der Waals surface area contributed by atoms with Gasteiger partial charge in [-0.05, 0) is 24.1 Å². The van der Waals surface area contributed by atoms with Crippen LogP contribution in [0.2, 0.25) is 0 Å². The number of aryl methyl sites for hydroxylation is 1. The first-order valence-electron chi connectivity index (χ1n) is 9.67. The van der Waals surface area contributed by atoms with Crippen molar-refractivity contribution in [1.29, 1.82) is 0 Å². The molecule has 0 aliphatic carbocycles. The topological polar surface area (TPSA) is 70.3 Å². The van der Waals surface area contributed by atoms with Crippen molar-refractivity contribution in [2.24, 2.45) is 0 Å². The van der Waals surface area contributed by atoms with Crippen molar-refractivity contribution in [3.63, 3.8) is 0 Å². The van der Waals surface area contributed by atoms with E-state index in [0.717, 1.165) is 28.4 Å². The van der Waals surface area contributed by atoms with Gasteiger partial charge in [0.1, 0.15) is 11.6 Å². The second-order valence-electron chi connectivity index (χ2n) is 6.75. The number of benzene rings is 2. The van der Waals surface area contributed by atoms with Gasteiger partial charge in [-0.3, -0.25) is 0 Å². The van der Waals surface area contributed by atoms with Crippen molar-refractivity contribution in [3.8, 4) is 22.1 Å². The fourth-order valence-electron chi connectivity index (χ4n) is 3.07. The molecule has 0 N–H and O–H groups in total. The fourth-order valence-corrected chi connectivity index (χ4v) is 4.67. The predicted molar refractivity (Wildman–Crippen MR) is 116 cm³/mol. The molecule has 152 valence electrons. The van der Waals surface area contributed by atoms with Gasteiger partial charge >= 0.3 is 0 Å². The Morgan fingerprint density at radius 2 is 1.90 bits per heavy atom. The van der Waals surface area contributed by atoms with E-state index in [1.165, 1.54) is 17.3 Å². The highest BCUT2D eigenvalue weighted by atomic mass is 32.2. The van der Waals surface area contributed by atoms with Crippen LogP contribution >= 0.6 is 23.1 Å². The smallest absolute Gasteiger partial charge is 0.277 e. The van der Waals surface area contributed by atoms with E-state index in [2.05, 4.69) is 46.8 Å². The lowest BCUT2D eigenvalue weighted by Crippen LogP contribution is -2.21. The Bertz CT molecular complexity index is 1140. The first-order valence-corrected chi connectivity index (χ1v) is 11.5. The zero-order valence-corrected chi connectivity index (χ0v) is 17.9. The minimum Gasteiger partial charge on any atom is -0.485 e. The van der Waals surface area contributed by atoms with Crippen molar-refractivity contribution in [2.75, 3.05) is 6.61 Å². The summed E-state index contributed by atoms with van der Waals surface area (Å²) in [5, 5.41) is 11.9. The predicted octanol–water partition coefficient (Wildman–Crippen LogP) is 5.56. The van der Waals surface area contributed by atoms with E-state index >= 15 is 0 Å². The first-order chi connectivity index (χ1) is 14.8. The lowest BCUT2D eigenvalue weighted by molar-refractivity contribution is 0.0686. The van der Waals surface area contributed by atoms with Gasteiger partial charge in [-0.2, -0.15) is 0 Å². The lowest BCUT2D eigenvalue weighted by Gasteiger charge is -2.23. The zero-order valence-electron chi connectivity index (χ0n) is 16.3. The van der Waals surface area contributed by atoms with Crippen LogP contribution in [0.1, 0.15) is 30.2 Å². The SMILES string of the molecule is CCc1ccc(-c2nc(CSc3nnc(C4COc5ccccc5O4)o3)cs2)cc1. The van der Waals surface area contributed by atoms with Gasteiger partial charge in [0.05, 0.1) is 5.69 Å². The molecule has 0 spiro atoms. The molecule has 6 nitrogen and oxygen atoms in total. The maximum absolute atomic E-state index is 5.92. The molecule has 1 unspecified atom stereocenters. The Morgan fingerprint density at radius 1 is 1.07 bits per heavy atom. The number of para-hydroxylation sites is 2. The number of nitrogens with zero attached hydrogens (tertiary/aromatic N) is 3. The van der Waals surface area contributed by atoms with E-state index in [0.29, 0.717) is 29.2 Å². The molecule has 0 saturated carbocycles. The van der Waals surface area contributed by atoms with Gasteiger partial charge in [0, 0.05) is 16.7 Å². The third kappa shape index (κ3) is 4.06. The van der Waals surface area contributed by atoms with Crippen LogP contribution in [0, 0.1) is 0 Å². The molecule has 2 aromatic carbocycles. The van der Waals surface area contributed by atoms with Crippen LogP contribution in [-0.4, -0.2) is 21.8 Å². The van der Waals surface area contributed by atoms with Gasteiger partial charge in [-0.15, -0.1) is 21.5 Å². The minimum absolute atomic E-state index is 0.343. The molecule has 0 amide bonds. The molecule has 0 bridgehead atoms. The van der Waals surface area contributed by atoms with Crippen LogP contribution < -0.4 is 9.47 Å². The van der Waals surface area contributed by atoms with E-state index in [1.807, 2.05) is 24.3 Å². The van der Waals surface area contributed by atoms with Crippen molar-refractivity contribution in [3.05, 3.63) is 71.1 Å². The standard InChI is InChI=1S/C22H19N3O3S2/c1-2-14-7-9-15(10-8-14)21-23-16(12-29-21)13-30-22-25-24-20(28-22)19-11-26-17-5-3-4-6-18(17)27-19/h3-10,12,19H,2,11,13H2,1H3. The highest BCUT2D eigenvalue weighted by molar-refractivity contribution is 7.98. The van der Waals surface area contributed by atoms with E-state index in [-0.39, 0.29) is 0 Å². The number of fused-ring (bicyclic) bond motifs is 1. The van der Waals surface area contributed by atoms with Crippen LogP contribution in [0.25, 0.3) is 10.6 Å². The zero-order chi connectivity index (χ0) is 20.3. The third-order valence-electron chi connectivity index (χ3n) is 4.71. The first kappa shape index (κ1) is 19.1. The summed E-state index contributed by atoms with van der Waals surface area (Å²) >= 11 is 3.11. The van der Waals surface area contributed by atoms with Crippen molar-refractivity contribution in [2.45, 2.75) is 30.4 Å². The van der Waals surface area contributed by atoms with Gasteiger partial charge in [0.15, 0.2) is 11.5 Å². The summed E-state index contributed by atoms with van der Waals surface area (Å²) in [6.45, 7) is 2.50. The normalized spacial score (nSPS) is 15.3. The largest absolute Gasteiger partial charge is 0.485 e.